The van der Waals surface area contributed by atoms with E-state index >= 15 is 0 Å². The first kappa shape index (κ1) is 26.0. The van der Waals surface area contributed by atoms with Crippen LogP contribution in [0.4, 0.5) is 4.39 Å². The third-order valence-electron chi connectivity index (χ3n) is 6.73. The van der Waals surface area contributed by atoms with Crippen molar-refractivity contribution in [3.63, 3.8) is 0 Å². The maximum Gasteiger partial charge on any atom is 0.0943 e. The maximum absolute atomic E-state index is 14.4. The summed E-state index contributed by atoms with van der Waals surface area (Å²) in [5.41, 5.74) is 6.20. The summed E-state index contributed by atoms with van der Waals surface area (Å²) < 4.78 is 14.4. The van der Waals surface area contributed by atoms with Crippen molar-refractivity contribution in [1.29, 1.82) is 0 Å². The number of pyridine rings is 2. The predicted octanol–water partition coefficient (Wildman–Crippen LogP) is 7.15. The molecule has 0 N–H and O–H groups in total. The van der Waals surface area contributed by atoms with E-state index in [0.717, 1.165) is 51.1 Å². The standard InChI is InChI=1S/C18H13FN.C12H15N3.Ir/c1-18(2)13-7-3-5-11-9-10-20-17(15(11)13)12-6-4-8-14(19)16(12)18;1-12(2,3)11-8-10(14-15-11)9-6-4-5-7-13-9;/h3-5,7-10H,1-2H3;4-7H,8H2,1-3H3;/q-1;;. The van der Waals surface area contributed by atoms with Crippen LogP contribution in [0.1, 0.15) is 57.9 Å². The predicted molar refractivity (Wildman–Crippen MR) is 140 cm³/mol. The zero-order chi connectivity index (χ0) is 24.8. The molecule has 0 saturated carbocycles. The van der Waals surface area contributed by atoms with E-state index in [4.69, 9.17) is 0 Å². The Labute approximate surface area is 225 Å². The van der Waals surface area contributed by atoms with Crippen molar-refractivity contribution in [2.24, 2.45) is 15.6 Å². The second-order valence-corrected chi connectivity index (χ2v) is 10.5. The number of fused-ring (bicyclic) bond motifs is 2. The van der Waals surface area contributed by atoms with Gasteiger partial charge in [-0.2, -0.15) is 10.2 Å². The zero-order valence-corrected chi connectivity index (χ0v) is 23.5. The van der Waals surface area contributed by atoms with Gasteiger partial charge in [0.2, 0.25) is 0 Å². The second kappa shape index (κ2) is 9.76. The minimum atomic E-state index is -0.382. The Balaban J connectivity index is 0.000000172. The number of aromatic nitrogens is 2. The van der Waals surface area contributed by atoms with Crippen molar-refractivity contribution < 1.29 is 24.5 Å². The average Bonchev–Trinajstić information content (AvgIpc) is 3.35. The Morgan fingerprint density at radius 1 is 0.917 bits per heavy atom. The fourth-order valence-electron chi connectivity index (χ4n) is 4.79. The van der Waals surface area contributed by atoms with Crippen LogP contribution in [-0.4, -0.2) is 21.4 Å². The first-order valence-corrected chi connectivity index (χ1v) is 11.8. The molecule has 6 heteroatoms. The molecule has 0 fully saturated rings. The number of rotatable bonds is 1. The van der Waals surface area contributed by atoms with Crippen LogP contribution in [0.3, 0.4) is 0 Å². The summed E-state index contributed by atoms with van der Waals surface area (Å²) in [6, 6.07) is 20.3. The molecule has 185 valence electrons. The van der Waals surface area contributed by atoms with Gasteiger partial charge in [-0.1, -0.05) is 64.4 Å². The van der Waals surface area contributed by atoms with E-state index in [1.54, 1.807) is 18.5 Å². The van der Waals surface area contributed by atoms with Gasteiger partial charge in [0, 0.05) is 50.2 Å². The molecule has 3 heterocycles. The van der Waals surface area contributed by atoms with Crippen LogP contribution in [0.5, 0.6) is 0 Å². The molecule has 36 heavy (non-hydrogen) atoms. The zero-order valence-electron chi connectivity index (χ0n) is 21.1. The fourth-order valence-corrected chi connectivity index (χ4v) is 4.79. The molecule has 2 aromatic carbocycles. The Morgan fingerprint density at radius 2 is 1.72 bits per heavy atom. The van der Waals surface area contributed by atoms with Gasteiger partial charge in [-0.25, -0.2) is 4.39 Å². The van der Waals surface area contributed by atoms with Crippen LogP contribution in [0.2, 0.25) is 0 Å². The monoisotopic (exact) mass is 656 g/mol. The largest absolute Gasteiger partial charge is 0.304 e. The van der Waals surface area contributed by atoms with Crippen LogP contribution >= 0.6 is 0 Å². The van der Waals surface area contributed by atoms with Crippen molar-refractivity contribution in [3.05, 3.63) is 95.7 Å². The van der Waals surface area contributed by atoms with Crippen molar-refractivity contribution in [2.75, 3.05) is 0 Å². The Kier molecular flexibility index (Phi) is 7.05. The van der Waals surface area contributed by atoms with Gasteiger partial charge in [0.05, 0.1) is 17.1 Å². The minimum absolute atomic E-state index is 0. The number of halogens is 1. The van der Waals surface area contributed by atoms with Gasteiger partial charge in [0.15, 0.2) is 0 Å². The van der Waals surface area contributed by atoms with Crippen molar-refractivity contribution in [2.45, 2.75) is 46.5 Å². The average molecular weight is 656 g/mol. The summed E-state index contributed by atoms with van der Waals surface area (Å²) >= 11 is 0. The van der Waals surface area contributed by atoms with Gasteiger partial charge >= 0.3 is 0 Å². The van der Waals surface area contributed by atoms with Gasteiger partial charge < -0.3 is 4.98 Å². The first-order valence-electron chi connectivity index (χ1n) is 11.8. The Bertz CT molecular complexity index is 1480. The van der Waals surface area contributed by atoms with E-state index in [0.29, 0.717) is 5.56 Å². The van der Waals surface area contributed by atoms with E-state index in [1.807, 2.05) is 30.3 Å². The summed E-state index contributed by atoms with van der Waals surface area (Å²) in [6.07, 6.45) is 4.38. The second-order valence-electron chi connectivity index (χ2n) is 10.5. The molecule has 0 atom stereocenters. The fraction of sp³-hybridized carbons (Fsp3) is 0.267. The number of benzene rings is 2. The molecule has 0 amide bonds. The normalized spacial score (nSPS) is 15.2. The Morgan fingerprint density at radius 3 is 2.42 bits per heavy atom. The van der Waals surface area contributed by atoms with E-state index in [2.05, 4.69) is 73.0 Å². The first-order chi connectivity index (χ1) is 16.7. The maximum atomic E-state index is 14.4. The molecule has 1 radical (unpaired) electrons. The molecule has 4 aromatic rings. The summed E-state index contributed by atoms with van der Waals surface area (Å²) in [7, 11) is 0. The van der Waals surface area contributed by atoms with Crippen molar-refractivity contribution in [1.82, 2.24) is 9.97 Å². The van der Waals surface area contributed by atoms with Crippen LogP contribution in [0, 0.1) is 17.3 Å². The van der Waals surface area contributed by atoms with E-state index in [9.17, 15) is 4.39 Å². The SMILES string of the molecule is CC(C)(C)C1=NN=C(c2ccccn2)C1.CC1(C)c2c([c-]ccc2F)-c2nccc3cccc1c23.[Ir]. The molecule has 1 aliphatic carbocycles. The summed E-state index contributed by atoms with van der Waals surface area (Å²) in [6.45, 7) is 10.6. The molecule has 0 bridgehead atoms. The molecule has 6 rings (SSSR count). The number of hydrogen-bond acceptors (Lipinski definition) is 4. The minimum Gasteiger partial charge on any atom is -0.304 e. The molecule has 2 aromatic heterocycles. The molecule has 0 unspecified atom stereocenters. The van der Waals surface area contributed by atoms with Gasteiger partial charge in [-0.05, 0) is 45.6 Å². The summed E-state index contributed by atoms with van der Waals surface area (Å²) in [5, 5.41) is 10.7. The summed E-state index contributed by atoms with van der Waals surface area (Å²) in [5.74, 6) is -0.183. The molecular weight excluding hydrogens is 628 g/mol. The van der Waals surface area contributed by atoms with Crippen LogP contribution in [-0.2, 0) is 25.5 Å². The quantitative estimate of drug-likeness (QED) is 0.205. The van der Waals surface area contributed by atoms with Crippen LogP contribution in [0.15, 0.2) is 77.2 Å². The van der Waals surface area contributed by atoms with Crippen molar-refractivity contribution in [3.8, 4) is 11.3 Å². The van der Waals surface area contributed by atoms with E-state index < -0.39 is 0 Å². The molecule has 0 spiro atoms. The van der Waals surface area contributed by atoms with Gasteiger partial charge in [-0.15, -0.1) is 23.8 Å². The molecule has 4 nitrogen and oxygen atoms in total. The van der Waals surface area contributed by atoms with Gasteiger partial charge in [0.25, 0.3) is 0 Å². The topological polar surface area (TPSA) is 50.5 Å². The van der Waals surface area contributed by atoms with Gasteiger partial charge in [0.1, 0.15) is 0 Å². The van der Waals surface area contributed by atoms with Crippen LogP contribution in [0.25, 0.3) is 22.0 Å². The van der Waals surface area contributed by atoms with Crippen LogP contribution < -0.4 is 0 Å². The third kappa shape index (κ3) is 4.56. The number of hydrogen-bond donors (Lipinski definition) is 0. The van der Waals surface area contributed by atoms with Crippen molar-refractivity contribution >= 4 is 22.2 Å². The molecule has 1 aliphatic heterocycles. The molecular formula is C30H28FIrN4-. The molecule has 2 aliphatic rings. The Hall–Kier alpha value is -3.08. The number of nitrogens with zero attached hydrogens (tertiary/aromatic N) is 4. The van der Waals surface area contributed by atoms with Gasteiger partial charge in [-0.3, -0.25) is 4.98 Å². The van der Waals surface area contributed by atoms with E-state index in [1.165, 1.54) is 6.07 Å². The van der Waals surface area contributed by atoms with E-state index in [-0.39, 0.29) is 36.8 Å². The third-order valence-corrected chi connectivity index (χ3v) is 6.73. The molecule has 0 saturated heterocycles. The summed E-state index contributed by atoms with van der Waals surface area (Å²) in [4.78, 5) is 8.76. The smallest absolute Gasteiger partial charge is 0.0943 e.